The van der Waals surface area contributed by atoms with Gasteiger partial charge >= 0.3 is 6.09 Å². The average Bonchev–Trinajstić information content (AvgIpc) is 3.01. The molecule has 23 heavy (non-hydrogen) atoms. The molecule has 126 valence electrons. The van der Waals surface area contributed by atoms with Gasteiger partial charge in [0.2, 0.25) is 0 Å². The average molecular weight is 337 g/mol. The van der Waals surface area contributed by atoms with E-state index in [2.05, 4.69) is 11.8 Å². The van der Waals surface area contributed by atoms with Crippen LogP contribution < -0.4 is 0 Å². The van der Waals surface area contributed by atoms with Crippen LogP contribution in [-0.2, 0) is 9.47 Å². The smallest absolute Gasteiger partial charge is 0.413 e. The minimum absolute atomic E-state index is 0.288. The van der Waals surface area contributed by atoms with E-state index in [9.17, 15) is 9.90 Å². The van der Waals surface area contributed by atoms with E-state index in [-0.39, 0.29) is 6.61 Å². The third kappa shape index (κ3) is 4.47. The Morgan fingerprint density at radius 2 is 2.26 bits per heavy atom. The second-order valence-electron chi connectivity index (χ2n) is 6.83. The Hall–Kier alpha value is -1.55. The Morgan fingerprint density at radius 1 is 1.57 bits per heavy atom. The van der Waals surface area contributed by atoms with Crippen molar-refractivity contribution in [3.8, 4) is 11.8 Å². The molecule has 0 spiro atoms. The van der Waals surface area contributed by atoms with Crippen LogP contribution in [0.25, 0.3) is 0 Å². The molecule has 1 fully saturated rings. The molecule has 1 aliphatic rings. The van der Waals surface area contributed by atoms with E-state index in [0.717, 1.165) is 4.88 Å². The van der Waals surface area contributed by atoms with Gasteiger partial charge in [-0.2, -0.15) is 0 Å². The predicted molar refractivity (Wildman–Crippen MR) is 88.9 cm³/mol. The molecule has 0 aromatic carbocycles. The maximum atomic E-state index is 12.5. The summed E-state index contributed by atoms with van der Waals surface area (Å²) in [5.41, 5.74) is -1.39. The van der Waals surface area contributed by atoms with Gasteiger partial charge in [-0.25, -0.2) is 4.79 Å². The lowest BCUT2D eigenvalue weighted by atomic mass is 10.2. The summed E-state index contributed by atoms with van der Waals surface area (Å²) in [5.74, 6) is 5.75. The third-order valence-electron chi connectivity index (χ3n) is 3.28. The largest absolute Gasteiger partial charge is 0.444 e. The van der Waals surface area contributed by atoms with E-state index in [4.69, 9.17) is 9.47 Å². The van der Waals surface area contributed by atoms with E-state index in [1.54, 1.807) is 13.8 Å². The molecule has 2 rings (SSSR count). The highest BCUT2D eigenvalue weighted by Crippen LogP contribution is 2.29. The molecule has 0 aliphatic carbocycles. The molecule has 1 aliphatic heterocycles. The van der Waals surface area contributed by atoms with Crippen LogP contribution in [0.15, 0.2) is 17.5 Å². The van der Waals surface area contributed by atoms with Crippen LogP contribution in [0.5, 0.6) is 0 Å². The number of aliphatic hydroxyl groups excluding tert-OH is 1. The molecule has 1 N–H and O–H groups in total. The highest BCUT2D eigenvalue weighted by molar-refractivity contribution is 7.10. The van der Waals surface area contributed by atoms with Gasteiger partial charge in [-0.15, -0.1) is 11.3 Å². The Balaban J connectivity index is 2.16. The van der Waals surface area contributed by atoms with Gasteiger partial charge in [-0.1, -0.05) is 17.9 Å². The number of thiophene rings is 1. The van der Waals surface area contributed by atoms with E-state index >= 15 is 0 Å². The van der Waals surface area contributed by atoms with Crippen LogP contribution in [0, 0.1) is 11.8 Å². The maximum absolute atomic E-state index is 12.5. The predicted octanol–water partition coefficient (Wildman–Crippen LogP) is 3.16. The van der Waals surface area contributed by atoms with Gasteiger partial charge < -0.3 is 14.6 Å². The van der Waals surface area contributed by atoms with Crippen LogP contribution in [0.1, 0.15) is 45.6 Å². The zero-order chi connectivity index (χ0) is 17.3. The number of carbonyl (C=O) groups is 1. The van der Waals surface area contributed by atoms with Gasteiger partial charge in [0, 0.05) is 4.88 Å². The number of hydrogen-bond acceptors (Lipinski definition) is 5. The lowest BCUT2D eigenvalue weighted by Gasteiger charge is -2.33. The Labute approximate surface area is 141 Å². The Morgan fingerprint density at radius 3 is 2.83 bits per heavy atom. The van der Waals surface area contributed by atoms with Crippen LogP contribution in [0.3, 0.4) is 0 Å². The first kappa shape index (κ1) is 17.8. The number of ether oxygens (including phenoxy) is 2. The van der Waals surface area contributed by atoms with Crippen LogP contribution in [0.2, 0.25) is 0 Å². The molecule has 1 amide bonds. The van der Waals surface area contributed by atoms with Crippen molar-refractivity contribution >= 4 is 17.4 Å². The standard InChI is InChI=1S/C17H23NO4S/c1-16(2,3)22-15(20)18-12(11-21-17(18,4)5)8-9-13(19)14-7-6-10-23-14/h6-7,10,12-13,19H,11H2,1-5H3/t12-,13?/m1/s1. The second-order valence-corrected chi connectivity index (χ2v) is 7.81. The van der Waals surface area contributed by atoms with Crippen molar-refractivity contribution in [3.05, 3.63) is 22.4 Å². The van der Waals surface area contributed by atoms with Gasteiger partial charge in [-0.3, -0.25) is 4.90 Å². The number of nitrogens with zero attached hydrogens (tertiary/aromatic N) is 1. The van der Waals surface area contributed by atoms with Crippen LogP contribution in [0.4, 0.5) is 4.79 Å². The number of carbonyl (C=O) groups excluding carboxylic acids is 1. The Bertz CT molecular complexity index is 607. The quantitative estimate of drug-likeness (QED) is 0.800. The van der Waals surface area contributed by atoms with Crippen LogP contribution in [-0.4, -0.2) is 40.1 Å². The molecule has 0 saturated carbocycles. The summed E-state index contributed by atoms with van der Waals surface area (Å²) >= 11 is 1.44. The summed E-state index contributed by atoms with van der Waals surface area (Å²) in [5, 5.41) is 12.0. The number of hydrogen-bond donors (Lipinski definition) is 1. The van der Waals surface area contributed by atoms with Gasteiger partial charge in [0.1, 0.15) is 23.5 Å². The summed E-state index contributed by atoms with van der Waals surface area (Å²) < 4.78 is 11.1. The molecule has 0 bridgehead atoms. The SMILES string of the molecule is CC(C)(C)OC(=O)N1[C@H](C#CC(O)c2cccs2)COC1(C)C. The third-order valence-corrected chi connectivity index (χ3v) is 4.20. The monoisotopic (exact) mass is 337 g/mol. The molecule has 2 atom stereocenters. The molecule has 5 nitrogen and oxygen atoms in total. The summed E-state index contributed by atoms with van der Waals surface area (Å²) in [6, 6.07) is 3.24. The summed E-state index contributed by atoms with van der Waals surface area (Å²) in [4.78, 5) is 14.7. The Kier molecular flexibility index (Phi) is 5.04. The fraction of sp³-hybridized carbons (Fsp3) is 0.588. The molecule has 6 heteroatoms. The van der Waals surface area contributed by atoms with Crippen molar-refractivity contribution in [2.45, 2.75) is 58.1 Å². The van der Waals surface area contributed by atoms with Crippen molar-refractivity contribution in [2.24, 2.45) is 0 Å². The lowest BCUT2D eigenvalue weighted by molar-refractivity contribution is -0.0608. The van der Waals surface area contributed by atoms with E-state index < -0.39 is 29.6 Å². The molecule has 1 saturated heterocycles. The van der Waals surface area contributed by atoms with Crippen molar-refractivity contribution < 1.29 is 19.4 Å². The first-order valence-corrected chi connectivity index (χ1v) is 8.37. The second kappa shape index (κ2) is 6.52. The van der Waals surface area contributed by atoms with Crippen molar-refractivity contribution in [3.63, 3.8) is 0 Å². The first-order valence-electron chi connectivity index (χ1n) is 7.49. The van der Waals surface area contributed by atoms with E-state index in [1.807, 2.05) is 38.3 Å². The molecule has 1 aromatic rings. The minimum Gasteiger partial charge on any atom is -0.444 e. The molecule has 2 heterocycles. The molecule has 1 unspecified atom stereocenters. The lowest BCUT2D eigenvalue weighted by Crippen LogP contribution is -2.49. The van der Waals surface area contributed by atoms with Crippen molar-refractivity contribution in [2.75, 3.05) is 6.61 Å². The van der Waals surface area contributed by atoms with Gasteiger partial charge in [-0.05, 0) is 46.1 Å². The molecular formula is C17H23NO4S. The normalized spacial score (nSPS) is 21.5. The summed E-state index contributed by atoms with van der Waals surface area (Å²) in [7, 11) is 0. The summed E-state index contributed by atoms with van der Waals surface area (Å²) in [6.07, 6.45) is -1.33. The zero-order valence-electron chi connectivity index (χ0n) is 14.1. The van der Waals surface area contributed by atoms with Gasteiger partial charge in [0.15, 0.2) is 0 Å². The number of rotatable bonds is 1. The van der Waals surface area contributed by atoms with Gasteiger partial charge in [0.05, 0.1) is 6.61 Å². The fourth-order valence-electron chi connectivity index (χ4n) is 2.26. The topological polar surface area (TPSA) is 59.0 Å². The molecule has 1 aromatic heterocycles. The highest BCUT2D eigenvalue weighted by Gasteiger charge is 2.45. The van der Waals surface area contributed by atoms with Crippen molar-refractivity contribution in [1.82, 2.24) is 4.90 Å². The summed E-state index contributed by atoms with van der Waals surface area (Å²) in [6.45, 7) is 9.33. The molecular weight excluding hydrogens is 314 g/mol. The minimum atomic E-state index is -0.862. The highest BCUT2D eigenvalue weighted by atomic mass is 32.1. The number of aliphatic hydroxyl groups is 1. The number of amides is 1. The maximum Gasteiger partial charge on any atom is 0.413 e. The fourth-order valence-corrected chi connectivity index (χ4v) is 2.92. The van der Waals surface area contributed by atoms with E-state index in [0.29, 0.717) is 0 Å². The zero-order valence-corrected chi connectivity index (χ0v) is 14.9. The van der Waals surface area contributed by atoms with E-state index in [1.165, 1.54) is 16.2 Å². The molecule has 0 radical (unpaired) electrons. The van der Waals surface area contributed by atoms with Crippen LogP contribution >= 0.6 is 11.3 Å². The van der Waals surface area contributed by atoms with Crippen molar-refractivity contribution in [1.29, 1.82) is 0 Å². The first-order chi connectivity index (χ1) is 10.6. The van der Waals surface area contributed by atoms with Gasteiger partial charge in [0.25, 0.3) is 0 Å².